The van der Waals surface area contributed by atoms with E-state index >= 15 is 0 Å². The maximum Gasteiger partial charge on any atom is 0.265 e. The molecule has 0 aliphatic carbocycles. The van der Waals surface area contributed by atoms with Crippen molar-refractivity contribution in [2.45, 2.75) is 18.9 Å². The van der Waals surface area contributed by atoms with Crippen LogP contribution in [0.2, 0.25) is 10.0 Å². The van der Waals surface area contributed by atoms with Gasteiger partial charge in [0.05, 0.1) is 11.6 Å². The number of nitrogens with one attached hydrogen (secondary N) is 2. The van der Waals surface area contributed by atoms with Gasteiger partial charge in [0.2, 0.25) is 0 Å². The molecule has 0 aromatic heterocycles. The fourth-order valence-corrected chi connectivity index (χ4v) is 4.03. The van der Waals surface area contributed by atoms with Crippen LogP contribution in [0.1, 0.15) is 23.2 Å². The molecule has 1 atom stereocenters. The molecule has 1 aliphatic rings. The molecule has 0 spiro atoms. The van der Waals surface area contributed by atoms with E-state index in [0.717, 1.165) is 43.2 Å². The predicted octanol–water partition coefficient (Wildman–Crippen LogP) is 5.06. The summed E-state index contributed by atoms with van der Waals surface area (Å²) in [5, 5.41) is 8.17. The second-order valence-corrected chi connectivity index (χ2v) is 8.65. The summed E-state index contributed by atoms with van der Waals surface area (Å²) in [5.74, 6) is -0.131. The molecule has 3 aromatic carbocycles. The highest BCUT2D eigenvalue weighted by Gasteiger charge is 2.23. The zero-order valence-electron chi connectivity index (χ0n) is 17.4. The number of fused-ring (bicyclic) bond motifs is 1. The number of halogens is 3. The van der Waals surface area contributed by atoms with Crippen LogP contribution in [0.25, 0.3) is 10.8 Å². The van der Waals surface area contributed by atoms with Crippen molar-refractivity contribution in [3.8, 4) is 5.75 Å². The van der Waals surface area contributed by atoms with Crippen molar-refractivity contribution in [3.63, 3.8) is 0 Å². The molecule has 1 amide bonds. The maximum atomic E-state index is 13.4. The molecule has 0 bridgehead atoms. The van der Waals surface area contributed by atoms with E-state index in [4.69, 9.17) is 27.9 Å². The molecule has 3 aromatic rings. The van der Waals surface area contributed by atoms with Crippen molar-refractivity contribution in [1.82, 2.24) is 15.8 Å². The normalized spacial score (nSPS) is 16.4. The first-order valence-corrected chi connectivity index (χ1v) is 11.3. The molecule has 0 saturated carbocycles. The van der Waals surface area contributed by atoms with Gasteiger partial charge in [-0.25, -0.2) is 9.40 Å². The molecule has 32 heavy (non-hydrogen) atoms. The van der Waals surface area contributed by atoms with E-state index in [1.165, 1.54) is 12.1 Å². The summed E-state index contributed by atoms with van der Waals surface area (Å²) in [6, 6.07) is 15.9. The van der Waals surface area contributed by atoms with Crippen molar-refractivity contribution in [2.75, 3.05) is 26.2 Å². The summed E-state index contributed by atoms with van der Waals surface area (Å²) in [5.41, 5.74) is 3.61. The Balaban J connectivity index is 1.18. The van der Waals surface area contributed by atoms with E-state index < -0.39 is 5.82 Å². The molecule has 2 N–H and O–H groups in total. The molecule has 1 aliphatic heterocycles. The monoisotopic (exact) mass is 475 g/mol. The molecule has 1 unspecified atom stereocenters. The number of hydrogen-bond acceptors (Lipinski definition) is 4. The van der Waals surface area contributed by atoms with Gasteiger partial charge in [-0.1, -0.05) is 35.3 Å². The third kappa shape index (κ3) is 5.90. The Hall–Kier alpha value is -2.38. The highest BCUT2D eigenvalue weighted by Crippen LogP contribution is 2.21. The number of benzene rings is 3. The van der Waals surface area contributed by atoms with Crippen LogP contribution in [0.3, 0.4) is 0 Å². The maximum absolute atomic E-state index is 13.4. The van der Waals surface area contributed by atoms with Gasteiger partial charge in [-0.15, -0.1) is 0 Å². The molecular weight excluding hydrogens is 452 g/mol. The van der Waals surface area contributed by atoms with E-state index in [2.05, 4.69) is 10.7 Å². The van der Waals surface area contributed by atoms with Crippen LogP contribution >= 0.6 is 23.2 Å². The average molecular weight is 476 g/mol. The van der Waals surface area contributed by atoms with Crippen LogP contribution in [0.4, 0.5) is 4.39 Å². The number of carbonyl (C=O) groups excluding carboxylic acids is 1. The highest BCUT2D eigenvalue weighted by atomic mass is 35.5. The number of hydrogen-bond donors (Lipinski definition) is 2. The minimum atomic E-state index is -0.483. The van der Waals surface area contributed by atoms with Crippen molar-refractivity contribution in [2.24, 2.45) is 0 Å². The number of nitrogens with zero attached hydrogens (tertiary/aromatic N) is 1. The first-order chi connectivity index (χ1) is 15.5. The fourth-order valence-electron chi connectivity index (χ4n) is 3.73. The van der Waals surface area contributed by atoms with Crippen molar-refractivity contribution in [1.29, 1.82) is 0 Å². The number of rotatable bonds is 8. The van der Waals surface area contributed by atoms with Gasteiger partial charge >= 0.3 is 0 Å². The molecule has 1 heterocycles. The summed E-state index contributed by atoms with van der Waals surface area (Å²) in [4.78, 5) is 12.6. The van der Waals surface area contributed by atoms with Crippen LogP contribution in [-0.4, -0.2) is 43.2 Å². The fraction of sp³-hybridized carbons (Fsp3) is 0.292. The number of ether oxygens (including phenoxy) is 1. The van der Waals surface area contributed by atoms with Crippen LogP contribution in [0.5, 0.6) is 5.75 Å². The lowest BCUT2D eigenvalue weighted by Crippen LogP contribution is -2.43. The van der Waals surface area contributed by atoms with Crippen LogP contribution in [-0.2, 0) is 0 Å². The summed E-state index contributed by atoms with van der Waals surface area (Å²) >= 11 is 11.7. The smallest absolute Gasteiger partial charge is 0.265 e. The van der Waals surface area contributed by atoms with Crippen LogP contribution < -0.4 is 15.5 Å². The SMILES string of the molecule is O=C(NN1CCC(NCCCOc2ccc(Cl)c(F)c2)C1)c1ccc2cc(Cl)ccc2c1. The first kappa shape index (κ1) is 22.8. The topological polar surface area (TPSA) is 53.6 Å². The number of amides is 1. The van der Waals surface area contributed by atoms with Gasteiger partial charge in [-0.05, 0) is 66.6 Å². The molecule has 5 nitrogen and oxygen atoms in total. The van der Waals surface area contributed by atoms with Crippen molar-refractivity contribution in [3.05, 3.63) is 76.0 Å². The van der Waals surface area contributed by atoms with Crippen molar-refractivity contribution >= 4 is 39.9 Å². The van der Waals surface area contributed by atoms with E-state index in [1.54, 1.807) is 6.07 Å². The number of hydrazine groups is 1. The quantitative estimate of drug-likeness (QED) is 0.446. The van der Waals surface area contributed by atoms with Crippen LogP contribution in [0, 0.1) is 5.82 Å². The van der Waals surface area contributed by atoms with E-state index in [1.807, 2.05) is 41.4 Å². The minimum Gasteiger partial charge on any atom is -0.493 e. The van der Waals surface area contributed by atoms with Gasteiger partial charge in [0, 0.05) is 35.8 Å². The second kappa shape index (κ2) is 10.5. The van der Waals surface area contributed by atoms with Gasteiger partial charge in [0.25, 0.3) is 5.91 Å². The largest absolute Gasteiger partial charge is 0.493 e. The van der Waals surface area contributed by atoms with Gasteiger partial charge in [0.15, 0.2) is 0 Å². The summed E-state index contributed by atoms with van der Waals surface area (Å²) in [6.45, 7) is 2.77. The molecule has 168 valence electrons. The van der Waals surface area contributed by atoms with Gasteiger partial charge in [0.1, 0.15) is 11.6 Å². The van der Waals surface area contributed by atoms with Gasteiger partial charge in [-0.2, -0.15) is 0 Å². The lowest BCUT2D eigenvalue weighted by atomic mass is 10.1. The average Bonchev–Trinajstić information content (AvgIpc) is 3.22. The van der Waals surface area contributed by atoms with Crippen LogP contribution in [0.15, 0.2) is 54.6 Å². The van der Waals surface area contributed by atoms with E-state index in [-0.39, 0.29) is 10.9 Å². The summed E-state index contributed by atoms with van der Waals surface area (Å²) < 4.78 is 19.0. The third-order valence-electron chi connectivity index (χ3n) is 5.43. The molecular formula is C24H24Cl2FN3O2. The lowest BCUT2D eigenvalue weighted by molar-refractivity contribution is 0.0823. The standard InChI is InChI=1S/C24H24Cl2FN3O2/c25-19-5-4-16-12-18(3-2-17(16)13-19)24(31)29-30-10-8-20(15-30)28-9-1-11-32-21-6-7-22(26)23(27)14-21/h2-7,12-14,20,28H,1,8-11,15H2,(H,29,31). The Morgan fingerprint density at radius 3 is 2.75 bits per heavy atom. The minimum absolute atomic E-state index is 0.0856. The first-order valence-electron chi connectivity index (χ1n) is 10.5. The Kier molecular flexibility index (Phi) is 7.48. The van der Waals surface area contributed by atoms with Gasteiger partial charge < -0.3 is 10.1 Å². The van der Waals surface area contributed by atoms with E-state index in [9.17, 15) is 9.18 Å². The molecule has 1 fully saturated rings. The van der Waals surface area contributed by atoms with Crippen molar-refractivity contribution < 1.29 is 13.9 Å². The number of carbonyl (C=O) groups is 1. The summed E-state index contributed by atoms with van der Waals surface area (Å²) in [7, 11) is 0. The summed E-state index contributed by atoms with van der Waals surface area (Å²) in [6.07, 6.45) is 1.73. The van der Waals surface area contributed by atoms with Gasteiger partial charge in [-0.3, -0.25) is 10.2 Å². The second-order valence-electron chi connectivity index (χ2n) is 7.81. The molecule has 1 saturated heterocycles. The Labute approximate surface area is 196 Å². The molecule has 8 heteroatoms. The van der Waals surface area contributed by atoms with E-state index in [0.29, 0.717) is 29.0 Å². The highest BCUT2D eigenvalue weighted by molar-refractivity contribution is 6.31. The Morgan fingerprint density at radius 2 is 1.91 bits per heavy atom. The third-order valence-corrected chi connectivity index (χ3v) is 5.97. The zero-order chi connectivity index (χ0) is 22.5. The lowest BCUT2D eigenvalue weighted by Gasteiger charge is -2.18. The Bertz CT molecular complexity index is 1110. The predicted molar refractivity (Wildman–Crippen MR) is 126 cm³/mol. The zero-order valence-corrected chi connectivity index (χ0v) is 18.9. The molecule has 0 radical (unpaired) electrons. The molecule has 4 rings (SSSR count). The Morgan fingerprint density at radius 1 is 1.09 bits per heavy atom.